The Labute approximate surface area is 96.1 Å². The third kappa shape index (κ3) is 2.54. The highest BCUT2D eigenvalue weighted by atomic mass is 16.3. The molecule has 1 aliphatic rings. The van der Waals surface area contributed by atoms with E-state index in [0.29, 0.717) is 6.04 Å². The van der Waals surface area contributed by atoms with Crippen LogP contribution >= 0.6 is 0 Å². The SMILES string of the molecule is C[C@@H](Nc1c[c]ccc1C(O)CO)C1CC1. The van der Waals surface area contributed by atoms with Crippen LogP contribution in [0.4, 0.5) is 5.69 Å². The number of hydrogen-bond donors (Lipinski definition) is 3. The van der Waals surface area contributed by atoms with Gasteiger partial charge in [0.15, 0.2) is 0 Å². The predicted molar refractivity (Wildman–Crippen MR) is 63.1 cm³/mol. The lowest BCUT2D eigenvalue weighted by atomic mass is 10.1. The largest absolute Gasteiger partial charge is 0.393 e. The van der Waals surface area contributed by atoms with Gasteiger partial charge in [-0.2, -0.15) is 0 Å². The predicted octanol–water partition coefficient (Wildman–Crippen LogP) is 1.72. The van der Waals surface area contributed by atoms with E-state index in [0.717, 1.165) is 17.2 Å². The van der Waals surface area contributed by atoms with Crippen LogP contribution in [-0.2, 0) is 0 Å². The fraction of sp³-hybridized carbons (Fsp3) is 0.538. The van der Waals surface area contributed by atoms with Crippen molar-refractivity contribution in [2.24, 2.45) is 5.92 Å². The van der Waals surface area contributed by atoms with Gasteiger partial charge in [-0.15, -0.1) is 0 Å². The summed E-state index contributed by atoms with van der Waals surface area (Å²) in [5.74, 6) is 0.749. The second-order valence-corrected chi connectivity index (χ2v) is 4.48. The van der Waals surface area contributed by atoms with Gasteiger partial charge in [-0.05, 0) is 37.8 Å². The van der Waals surface area contributed by atoms with Crippen molar-refractivity contribution in [3.63, 3.8) is 0 Å². The summed E-state index contributed by atoms with van der Waals surface area (Å²) in [7, 11) is 0. The smallest absolute Gasteiger partial charge is 0.104 e. The molecule has 0 saturated heterocycles. The zero-order valence-electron chi connectivity index (χ0n) is 9.48. The Morgan fingerprint density at radius 1 is 1.56 bits per heavy atom. The molecule has 3 nitrogen and oxygen atoms in total. The van der Waals surface area contributed by atoms with Crippen molar-refractivity contribution >= 4 is 5.69 Å². The molecule has 3 N–H and O–H groups in total. The molecule has 0 aromatic heterocycles. The van der Waals surface area contributed by atoms with Crippen molar-refractivity contribution in [3.8, 4) is 0 Å². The van der Waals surface area contributed by atoms with Crippen LogP contribution in [0.2, 0.25) is 0 Å². The molecule has 0 bridgehead atoms. The third-order valence-electron chi connectivity index (χ3n) is 3.14. The second kappa shape index (κ2) is 4.85. The quantitative estimate of drug-likeness (QED) is 0.708. The maximum Gasteiger partial charge on any atom is 0.104 e. The highest BCUT2D eigenvalue weighted by molar-refractivity contribution is 5.52. The van der Waals surface area contributed by atoms with Gasteiger partial charge in [0.2, 0.25) is 0 Å². The van der Waals surface area contributed by atoms with E-state index < -0.39 is 6.10 Å². The minimum absolute atomic E-state index is 0.253. The maximum atomic E-state index is 9.67. The lowest BCUT2D eigenvalue weighted by molar-refractivity contribution is 0.0960. The van der Waals surface area contributed by atoms with E-state index in [-0.39, 0.29) is 6.61 Å². The van der Waals surface area contributed by atoms with Crippen LogP contribution in [0.5, 0.6) is 0 Å². The number of benzene rings is 1. The number of anilines is 1. The molecule has 1 unspecified atom stereocenters. The number of aliphatic hydroxyl groups is 2. The van der Waals surface area contributed by atoms with Crippen LogP contribution in [0, 0.1) is 12.0 Å². The highest BCUT2D eigenvalue weighted by Gasteiger charge is 2.28. The first-order chi connectivity index (χ1) is 7.72. The lowest BCUT2D eigenvalue weighted by Crippen LogP contribution is -2.19. The van der Waals surface area contributed by atoms with Crippen LogP contribution < -0.4 is 5.32 Å². The summed E-state index contributed by atoms with van der Waals surface area (Å²) >= 11 is 0. The van der Waals surface area contributed by atoms with Crippen LogP contribution in [0.15, 0.2) is 18.2 Å². The van der Waals surface area contributed by atoms with Crippen molar-refractivity contribution in [3.05, 3.63) is 29.8 Å². The Balaban J connectivity index is 2.11. The van der Waals surface area contributed by atoms with E-state index in [1.165, 1.54) is 12.8 Å². The number of rotatable bonds is 5. The van der Waals surface area contributed by atoms with Crippen LogP contribution in [-0.4, -0.2) is 22.9 Å². The Kier molecular flexibility index (Phi) is 3.46. The molecule has 1 saturated carbocycles. The van der Waals surface area contributed by atoms with Crippen LogP contribution in [0.3, 0.4) is 0 Å². The summed E-state index contributed by atoms with van der Waals surface area (Å²) in [6, 6.07) is 8.78. The van der Waals surface area contributed by atoms with Gasteiger partial charge in [0.25, 0.3) is 0 Å². The molecule has 0 spiro atoms. The topological polar surface area (TPSA) is 52.5 Å². The minimum atomic E-state index is -0.816. The molecule has 0 amide bonds. The molecular formula is C13H18NO2. The monoisotopic (exact) mass is 220 g/mol. The fourth-order valence-electron chi connectivity index (χ4n) is 1.92. The highest BCUT2D eigenvalue weighted by Crippen LogP contribution is 2.35. The number of hydrogen-bond acceptors (Lipinski definition) is 3. The molecule has 16 heavy (non-hydrogen) atoms. The lowest BCUT2D eigenvalue weighted by Gasteiger charge is -2.19. The summed E-state index contributed by atoms with van der Waals surface area (Å²) in [6.45, 7) is 1.90. The molecule has 1 aromatic rings. The third-order valence-corrected chi connectivity index (χ3v) is 3.14. The molecule has 2 atom stereocenters. The van der Waals surface area contributed by atoms with E-state index in [4.69, 9.17) is 5.11 Å². The van der Waals surface area contributed by atoms with E-state index >= 15 is 0 Å². The zero-order chi connectivity index (χ0) is 11.5. The van der Waals surface area contributed by atoms with Crippen molar-refractivity contribution in [1.82, 2.24) is 0 Å². The summed E-state index contributed by atoms with van der Waals surface area (Å²) in [5.41, 5.74) is 1.62. The Hall–Kier alpha value is -1.06. The Morgan fingerprint density at radius 3 is 2.94 bits per heavy atom. The first-order valence-electron chi connectivity index (χ1n) is 5.78. The maximum absolute atomic E-state index is 9.67. The van der Waals surface area contributed by atoms with Crippen molar-refractivity contribution in [2.45, 2.75) is 31.9 Å². The molecule has 3 heteroatoms. The number of aliphatic hydroxyl groups excluding tert-OH is 2. The molecule has 0 aliphatic heterocycles. The van der Waals surface area contributed by atoms with Gasteiger partial charge in [-0.3, -0.25) is 0 Å². The molecular weight excluding hydrogens is 202 g/mol. The fourth-order valence-corrected chi connectivity index (χ4v) is 1.92. The van der Waals surface area contributed by atoms with Gasteiger partial charge >= 0.3 is 0 Å². The van der Waals surface area contributed by atoms with Gasteiger partial charge < -0.3 is 15.5 Å². The number of nitrogens with one attached hydrogen (secondary N) is 1. The van der Waals surface area contributed by atoms with E-state index in [9.17, 15) is 5.11 Å². The molecule has 1 aliphatic carbocycles. The molecule has 2 rings (SSSR count). The minimum Gasteiger partial charge on any atom is -0.393 e. The molecule has 87 valence electrons. The van der Waals surface area contributed by atoms with Crippen molar-refractivity contribution in [2.75, 3.05) is 11.9 Å². The Morgan fingerprint density at radius 2 is 2.31 bits per heavy atom. The summed E-state index contributed by atoms with van der Waals surface area (Å²) < 4.78 is 0. The first-order valence-corrected chi connectivity index (χ1v) is 5.78. The van der Waals surface area contributed by atoms with Crippen LogP contribution in [0.25, 0.3) is 0 Å². The average Bonchev–Trinajstić information content (AvgIpc) is 3.12. The van der Waals surface area contributed by atoms with E-state index in [1.807, 2.05) is 6.07 Å². The van der Waals surface area contributed by atoms with Gasteiger partial charge in [-0.1, -0.05) is 12.1 Å². The van der Waals surface area contributed by atoms with Gasteiger partial charge in [0.1, 0.15) is 6.10 Å². The zero-order valence-corrected chi connectivity index (χ0v) is 9.48. The van der Waals surface area contributed by atoms with Crippen molar-refractivity contribution < 1.29 is 10.2 Å². The van der Waals surface area contributed by atoms with Gasteiger partial charge in [-0.25, -0.2) is 0 Å². The average molecular weight is 220 g/mol. The second-order valence-electron chi connectivity index (χ2n) is 4.48. The molecule has 0 heterocycles. The molecule has 1 radical (unpaired) electrons. The summed E-state index contributed by atoms with van der Waals surface area (Å²) in [5, 5.41) is 22.0. The van der Waals surface area contributed by atoms with Gasteiger partial charge in [0, 0.05) is 17.3 Å². The molecule has 1 fully saturated rings. The summed E-state index contributed by atoms with van der Waals surface area (Å²) in [6.07, 6.45) is 1.74. The van der Waals surface area contributed by atoms with E-state index in [1.54, 1.807) is 12.1 Å². The van der Waals surface area contributed by atoms with Crippen LogP contribution in [0.1, 0.15) is 31.4 Å². The first kappa shape index (κ1) is 11.4. The Bertz CT molecular complexity index is 350. The van der Waals surface area contributed by atoms with Crippen molar-refractivity contribution in [1.29, 1.82) is 0 Å². The molecule has 1 aromatic carbocycles. The summed E-state index contributed by atoms with van der Waals surface area (Å²) in [4.78, 5) is 0. The van der Waals surface area contributed by atoms with E-state index in [2.05, 4.69) is 18.3 Å². The normalized spacial score (nSPS) is 19.2. The van der Waals surface area contributed by atoms with Gasteiger partial charge in [0.05, 0.1) is 6.61 Å². The standard InChI is InChI=1S/C13H18NO2/c1-9(10-6-7-10)14-12-5-3-2-4-11(12)13(16)8-15/h2,4-5,9-10,13-16H,6-8H2,1H3/t9-,13?/m1/s1.